The number of para-hydroxylation sites is 1. The molecule has 1 aromatic carbocycles. The zero-order valence-electron chi connectivity index (χ0n) is 11.1. The Hall–Kier alpha value is -1.02. The first-order valence-corrected chi connectivity index (χ1v) is 7.07. The fourth-order valence-corrected chi connectivity index (χ4v) is 4.27. The Morgan fingerprint density at radius 1 is 1.28 bits per heavy atom. The van der Waals surface area contributed by atoms with Crippen molar-refractivity contribution in [2.75, 3.05) is 6.61 Å². The van der Waals surface area contributed by atoms with E-state index in [9.17, 15) is 0 Å². The molecule has 2 aliphatic heterocycles. The maximum atomic E-state index is 6.37. The van der Waals surface area contributed by atoms with Crippen LogP contribution in [0.1, 0.15) is 38.4 Å². The normalized spacial score (nSPS) is 45.0. The van der Waals surface area contributed by atoms with Crippen LogP contribution in [-0.4, -0.2) is 12.2 Å². The number of benzene rings is 1. The van der Waals surface area contributed by atoms with Gasteiger partial charge in [-0.2, -0.15) is 0 Å². The van der Waals surface area contributed by atoms with Crippen molar-refractivity contribution in [1.82, 2.24) is 0 Å². The van der Waals surface area contributed by atoms with Crippen molar-refractivity contribution in [2.45, 2.75) is 38.4 Å². The molecule has 2 nitrogen and oxygen atoms in total. The third kappa shape index (κ3) is 1.33. The molecular weight excluding hydrogens is 224 g/mol. The van der Waals surface area contributed by atoms with Gasteiger partial charge in [-0.3, -0.25) is 0 Å². The van der Waals surface area contributed by atoms with Crippen LogP contribution in [0.3, 0.4) is 0 Å². The van der Waals surface area contributed by atoms with Gasteiger partial charge in [-0.25, -0.2) is 0 Å². The Kier molecular flexibility index (Phi) is 2.12. The van der Waals surface area contributed by atoms with Crippen LogP contribution in [-0.2, 0) is 4.74 Å². The molecule has 18 heavy (non-hydrogen) atoms. The highest BCUT2D eigenvalue weighted by atomic mass is 16.5. The molecule has 0 spiro atoms. The van der Waals surface area contributed by atoms with Crippen molar-refractivity contribution in [1.29, 1.82) is 0 Å². The van der Waals surface area contributed by atoms with Gasteiger partial charge in [-0.15, -0.1) is 0 Å². The van der Waals surface area contributed by atoms with Crippen LogP contribution in [0.5, 0.6) is 5.75 Å². The number of ether oxygens (including phenoxy) is 2. The highest BCUT2D eigenvalue weighted by Gasteiger charge is 2.54. The molecule has 0 unspecified atom stereocenters. The van der Waals surface area contributed by atoms with Crippen LogP contribution in [0.2, 0.25) is 0 Å². The molecule has 1 aromatic rings. The fourth-order valence-electron chi connectivity index (χ4n) is 4.27. The molecule has 0 N–H and O–H groups in total. The molecule has 2 fully saturated rings. The molecule has 1 aliphatic carbocycles. The summed E-state index contributed by atoms with van der Waals surface area (Å²) in [5.74, 6) is 3.00. The quantitative estimate of drug-likeness (QED) is 0.694. The first-order valence-electron chi connectivity index (χ1n) is 7.07. The summed E-state index contributed by atoms with van der Waals surface area (Å²) in [5.41, 5.74) is 1.23. The predicted octanol–water partition coefficient (Wildman–Crippen LogP) is 3.57. The maximum absolute atomic E-state index is 6.37. The van der Waals surface area contributed by atoms with Crippen LogP contribution < -0.4 is 4.74 Å². The van der Waals surface area contributed by atoms with E-state index in [0.29, 0.717) is 11.8 Å². The molecule has 4 rings (SSSR count). The zero-order valence-corrected chi connectivity index (χ0v) is 11.1. The Balaban J connectivity index is 1.83. The van der Waals surface area contributed by atoms with Gasteiger partial charge in [0.15, 0.2) is 0 Å². The Morgan fingerprint density at radius 2 is 2.11 bits per heavy atom. The molecule has 2 bridgehead atoms. The van der Waals surface area contributed by atoms with Crippen molar-refractivity contribution >= 4 is 0 Å². The molecule has 2 heteroatoms. The molecular formula is C16H20O2. The summed E-state index contributed by atoms with van der Waals surface area (Å²) in [6.45, 7) is 5.55. The zero-order chi connectivity index (χ0) is 12.3. The average molecular weight is 244 g/mol. The van der Waals surface area contributed by atoms with Gasteiger partial charge in [-0.1, -0.05) is 25.1 Å². The van der Waals surface area contributed by atoms with Gasteiger partial charge in [0, 0.05) is 11.5 Å². The lowest BCUT2D eigenvalue weighted by atomic mass is 9.62. The van der Waals surface area contributed by atoms with E-state index in [-0.39, 0.29) is 11.7 Å². The number of hydrogen-bond acceptors (Lipinski definition) is 2. The minimum absolute atomic E-state index is 0.0324. The summed E-state index contributed by atoms with van der Waals surface area (Å²) in [5, 5.41) is 0. The molecule has 3 aliphatic rings. The second-order valence-corrected chi connectivity index (χ2v) is 6.49. The van der Waals surface area contributed by atoms with Gasteiger partial charge < -0.3 is 9.47 Å². The van der Waals surface area contributed by atoms with E-state index in [1.54, 1.807) is 0 Å². The molecule has 1 saturated carbocycles. The van der Waals surface area contributed by atoms with Crippen molar-refractivity contribution < 1.29 is 9.47 Å². The van der Waals surface area contributed by atoms with Gasteiger partial charge >= 0.3 is 0 Å². The Bertz CT molecular complexity index is 484. The van der Waals surface area contributed by atoms with Crippen LogP contribution in [0, 0.1) is 17.8 Å². The Labute approximate surface area is 108 Å². The van der Waals surface area contributed by atoms with Crippen molar-refractivity contribution in [2.24, 2.45) is 17.8 Å². The Morgan fingerprint density at radius 3 is 3.00 bits per heavy atom. The minimum Gasteiger partial charge on any atom is -0.487 e. The maximum Gasteiger partial charge on any atom is 0.125 e. The van der Waals surface area contributed by atoms with Crippen molar-refractivity contribution in [3.63, 3.8) is 0 Å². The van der Waals surface area contributed by atoms with Crippen LogP contribution in [0.4, 0.5) is 0 Å². The summed E-state index contributed by atoms with van der Waals surface area (Å²) in [6.07, 6.45) is 2.68. The number of hydrogen-bond donors (Lipinski definition) is 0. The highest BCUT2D eigenvalue weighted by Crippen LogP contribution is 2.56. The third-order valence-electron chi connectivity index (χ3n) is 5.30. The molecule has 0 amide bonds. The van der Waals surface area contributed by atoms with E-state index in [0.717, 1.165) is 24.7 Å². The summed E-state index contributed by atoms with van der Waals surface area (Å²) in [4.78, 5) is 0. The van der Waals surface area contributed by atoms with E-state index in [4.69, 9.17) is 9.47 Å². The van der Waals surface area contributed by atoms with Crippen LogP contribution >= 0.6 is 0 Å². The van der Waals surface area contributed by atoms with E-state index >= 15 is 0 Å². The van der Waals surface area contributed by atoms with E-state index in [2.05, 4.69) is 38.1 Å². The second kappa shape index (κ2) is 3.51. The summed E-state index contributed by atoms with van der Waals surface area (Å²) >= 11 is 0. The summed E-state index contributed by atoms with van der Waals surface area (Å²) < 4.78 is 12.6. The molecule has 2 heterocycles. The fraction of sp³-hybridized carbons (Fsp3) is 0.625. The number of rotatable bonds is 0. The topological polar surface area (TPSA) is 18.5 Å². The monoisotopic (exact) mass is 244 g/mol. The smallest absolute Gasteiger partial charge is 0.125 e. The molecule has 0 radical (unpaired) electrons. The number of fused-ring (bicyclic) bond motifs is 3. The average Bonchev–Trinajstić information content (AvgIpc) is 2.37. The van der Waals surface area contributed by atoms with E-state index in [1.165, 1.54) is 12.0 Å². The van der Waals surface area contributed by atoms with Gasteiger partial charge in [0.25, 0.3) is 0 Å². The van der Waals surface area contributed by atoms with Gasteiger partial charge in [0.2, 0.25) is 0 Å². The standard InChI is InChI=1S/C16H20O2/c1-10-8-16(2)13-7-11(10)9-17-15(13)12-5-3-4-6-14(12)18-16/h3-6,10-11,13,15H,7-9H2,1-2H3/t10-,11-,13-,15-,16+/m1/s1. The molecule has 1 saturated heterocycles. The third-order valence-corrected chi connectivity index (χ3v) is 5.30. The van der Waals surface area contributed by atoms with Crippen LogP contribution in [0.15, 0.2) is 24.3 Å². The van der Waals surface area contributed by atoms with Crippen molar-refractivity contribution in [3.8, 4) is 5.75 Å². The van der Waals surface area contributed by atoms with E-state index in [1.807, 2.05) is 0 Å². The largest absolute Gasteiger partial charge is 0.487 e. The summed E-state index contributed by atoms with van der Waals surface area (Å²) in [6, 6.07) is 8.40. The summed E-state index contributed by atoms with van der Waals surface area (Å²) in [7, 11) is 0. The minimum atomic E-state index is -0.0324. The predicted molar refractivity (Wildman–Crippen MR) is 69.5 cm³/mol. The first-order chi connectivity index (χ1) is 8.67. The highest BCUT2D eigenvalue weighted by molar-refractivity contribution is 5.39. The lowest BCUT2D eigenvalue weighted by molar-refractivity contribution is -0.184. The molecule has 96 valence electrons. The van der Waals surface area contributed by atoms with Gasteiger partial charge in [0.1, 0.15) is 11.4 Å². The van der Waals surface area contributed by atoms with Gasteiger partial charge in [0.05, 0.1) is 12.7 Å². The van der Waals surface area contributed by atoms with Crippen molar-refractivity contribution in [3.05, 3.63) is 29.8 Å². The SMILES string of the molecule is C[C@@H]1C[C@]2(C)Oc3ccccc3[C@H]3OC[C@H]1C[C@H]32. The molecule has 5 atom stereocenters. The second-order valence-electron chi connectivity index (χ2n) is 6.49. The lowest BCUT2D eigenvalue weighted by Crippen LogP contribution is -2.56. The van der Waals surface area contributed by atoms with Crippen LogP contribution in [0.25, 0.3) is 0 Å². The van der Waals surface area contributed by atoms with E-state index < -0.39 is 0 Å². The first kappa shape index (κ1) is 10.9. The van der Waals surface area contributed by atoms with Gasteiger partial charge in [-0.05, 0) is 37.7 Å². The molecule has 0 aromatic heterocycles. The lowest BCUT2D eigenvalue weighted by Gasteiger charge is -2.55.